The summed E-state index contributed by atoms with van der Waals surface area (Å²) in [7, 11) is 0. The topological polar surface area (TPSA) is 55.4 Å². The number of carbonyl (C=O) groups excluding carboxylic acids is 2. The van der Waals surface area contributed by atoms with Crippen molar-refractivity contribution in [2.24, 2.45) is 0 Å². The number of esters is 1. The largest absolute Gasteiger partial charge is 0.449 e. The van der Waals surface area contributed by atoms with Gasteiger partial charge in [-0.3, -0.25) is 4.79 Å². The van der Waals surface area contributed by atoms with E-state index >= 15 is 0 Å². The molecule has 0 aromatic heterocycles. The fourth-order valence-corrected chi connectivity index (χ4v) is 2.22. The molecule has 0 aliphatic heterocycles. The molecular weight excluding hydrogens is 347 g/mol. The molecule has 0 radical (unpaired) electrons. The van der Waals surface area contributed by atoms with Crippen molar-refractivity contribution in [1.29, 1.82) is 0 Å². The SMILES string of the molecule is Cc1ccc(C(=O)OC(C)C(=O)Nc2ccccc2C(F)(F)F)cc1C. The Labute approximate surface area is 149 Å². The molecule has 0 aliphatic rings. The zero-order valence-electron chi connectivity index (χ0n) is 14.5. The molecule has 0 bridgehead atoms. The molecule has 0 saturated heterocycles. The van der Waals surface area contributed by atoms with Crippen molar-refractivity contribution in [2.45, 2.75) is 33.1 Å². The van der Waals surface area contributed by atoms with Crippen LogP contribution in [0.5, 0.6) is 0 Å². The van der Waals surface area contributed by atoms with Crippen LogP contribution in [0.3, 0.4) is 0 Å². The zero-order valence-corrected chi connectivity index (χ0v) is 14.5. The van der Waals surface area contributed by atoms with Gasteiger partial charge in [-0.2, -0.15) is 13.2 Å². The minimum atomic E-state index is -4.61. The van der Waals surface area contributed by atoms with Crippen LogP contribution in [0.2, 0.25) is 0 Å². The van der Waals surface area contributed by atoms with Crippen LogP contribution in [-0.2, 0) is 15.7 Å². The Balaban J connectivity index is 2.09. The van der Waals surface area contributed by atoms with Crippen LogP contribution in [0.15, 0.2) is 42.5 Å². The number of amides is 1. The van der Waals surface area contributed by atoms with Gasteiger partial charge >= 0.3 is 12.1 Å². The van der Waals surface area contributed by atoms with E-state index in [1.807, 2.05) is 13.8 Å². The number of aryl methyl sites for hydroxylation is 2. The Morgan fingerprint density at radius 3 is 2.31 bits per heavy atom. The molecule has 4 nitrogen and oxygen atoms in total. The maximum absolute atomic E-state index is 13.0. The maximum Gasteiger partial charge on any atom is 0.418 e. The van der Waals surface area contributed by atoms with E-state index in [4.69, 9.17) is 4.74 Å². The van der Waals surface area contributed by atoms with Crippen LogP contribution < -0.4 is 5.32 Å². The van der Waals surface area contributed by atoms with E-state index in [-0.39, 0.29) is 11.3 Å². The third-order valence-corrected chi connectivity index (χ3v) is 3.89. The molecule has 1 unspecified atom stereocenters. The number of alkyl halides is 3. The minimum Gasteiger partial charge on any atom is -0.449 e. The number of halogens is 3. The molecule has 0 aliphatic carbocycles. The van der Waals surface area contributed by atoms with Crippen LogP contribution in [0.25, 0.3) is 0 Å². The van der Waals surface area contributed by atoms with E-state index in [1.165, 1.54) is 19.1 Å². The summed E-state index contributed by atoms with van der Waals surface area (Å²) >= 11 is 0. The number of ether oxygens (including phenoxy) is 1. The second kappa shape index (κ2) is 7.59. The van der Waals surface area contributed by atoms with Gasteiger partial charge in [-0.15, -0.1) is 0 Å². The molecule has 1 amide bonds. The van der Waals surface area contributed by atoms with Crippen LogP contribution in [-0.4, -0.2) is 18.0 Å². The van der Waals surface area contributed by atoms with Gasteiger partial charge in [0.15, 0.2) is 6.10 Å². The highest BCUT2D eigenvalue weighted by atomic mass is 19.4. The Kier molecular flexibility index (Phi) is 5.69. The average Bonchev–Trinajstić information content (AvgIpc) is 2.56. The molecule has 0 fully saturated rings. The summed E-state index contributed by atoms with van der Waals surface area (Å²) in [6.07, 6.45) is -5.87. The van der Waals surface area contributed by atoms with Crippen molar-refractivity contribution < 1.29 is 27.5 Å². The molecule has 0 saturated carbocycles. The molecule has 0 heterocycles. The summed E-state index contributed by atoms with van der Waals surface area (Å²) < 4.78 is 44.0. The smallest absolute Gasteiger partial charge is 0.418 e. The van der Waals surface area contributed by atoms with Crippen LogP contribution in [0, 0.1) is 13.8 Å². The van der Waals surface area contributed by atoms with Gasteiger partial charge in [-0.05, 0) is 56.2 Å². The standard InChI is InChI=1S/C19H18F3NO3/c1-11-8-9-14(10-12(11)2)18(25)26-13(3)17(24)23-16-7-5-4-6-15(16)19(20,21)22/h4-10,13H,1-3H3,(H,23,24). The monoisotopic (exact) mass is 365 g/mol. The second-order valence-electron chi connectivity index (χ2n) is 5.88. The lowest BCUT2D eigenvalue weighted by Gasteiger charge is -2.17. The summed E-state index contributed by atoms with van der Waals surface area (Å²) in [5.74, 6) is -1.57. The van der Waals surface area contributed by atoms with Gasteiger partial charge in [-0.25, -0.2) is 4.79 Å². The highest BCUT2D eigenvalue weighted by Gasteiger charge is 2.34. The van der Waals surface area contributed by atoms with Crippen LogP contribution in [0.4, 0.5) is 18.9 Å². The fraction of sp³-hybridized carbons (Fsp3) is 0.263. The molecule has 1 N–H and O–H groups in total. The Morgan fingerprint density at radius 2 is 1.69 bits per heavy atom. The fourth-order valence-electron chi connectivity index (χ4n) is 2.22. The Bertz CT molecular complexity index is 831. The van der Waals surface area contributed by atoms with Gasteiger partial charge in [0.25, 0.3) is 5.91 Å². The first-order chi connectivity index (χ1) is 12.1. The summed E-state index contributed by atoms with van der Waals surface area (Å²) in [6.45, 7) is 5.01. The summed E-state index contributed by atoms with van der Waals surface area (Å²) in [5, 5.41) is 2.16. The number of rotatable bonds is 4. The summed E-state index contributed by atoms with van der Waals surface area (Å²) in [6, 6.07) is 9.53. The Morgan fingerprint density at radius 1 is 1.04 bits per heavy atom. The van der Waals surface area contributed by atoms with Gasteiger partial charge in [-0.1, -0.05) is 18.2 Å². The molecule has 138 valence electrons. The molecule has 26 heavy (non-hydrogen) atoms. The predicted molar refractivity (Wildman–Crippen MR) is 90.9 cm³/mol. The lowest BCUT2D eigenvalue weighted by atomic mass is 10.1. The number of benzene rings is 2. The van der Waals surface area contributed by atoms with E-state index in [2.05, 4.69) is 5.32 Å². The van der Waals surface area contributed by atoms with Crippen LogP contribution in [0.1, 0.15) is 34.0 Å². The maximum atomic E-state index is 13.0. The van der Waals surface area contributed by atoms with Crippen molar-refractivity contribution in [2.75, 3.05) is 5.32 Å². The first kappa shape index (κ1) is 19.5. The lowest BCUT2D eigenvalue weighted by Crippen LogP contribution is -2.30. The molecular formula is C19H18F3NO3. The molecule has 7 heteroatoms. The van der Waals surface area contributed by atoms with Gasteiger partial charge in [0.2, 0.25) is 0 Å². The van der Waals surface area contributed by atoms with Gasteiger partial charge in [0, 0.05) is 0 Å². The first-order valence-electron chi connectivity index (χ1n) is 7.85. The van der Waals surface area contributed by atoms with Crippen molar-refractivity contribution in [3.63, 3.8) is 0 Å². The number of carbonyl (C=O) groups is 2. The van der Waals surface area contributed by atoms with E-state index in [1.54, 1.807) is 18.2 Å². The van der Waals surface area contributed by atoms with Crippen molar-refractivity contribution in [3.05, 3.63) is 64.7 Å². The zero-order chi connectivity index (χ0) is 19.5. The van der Waals surface area contributed by atoms with E-state index in [9.17, 15) is 22.8 Å². The normalized spacial score (nSPS) is 12.4. The summed E-state index contributed by atoms with van der Waals surface area (Å²) in [4.78, 5) is 24.2. The third-order valence-electron chi connectivity index (χ3n) is 3.89. The highest BCUT2D eigenvalue weighted by molar-refractivity contribution is 5.97. The predicted octanol–water partition coefficient (Wildman–Crippen LogP) is 4.51. The lowest BCUT2D eigenvalue weighted by molar-refractivity contribution is -0.137. The molecule has 2 aromatic carbocycles. The van der Waals surface area contributed by atoms with Crippen LogP contribution >= 0.6 is 0 Å². The first-order valence-corrected chi connectivity index (χ1v) is 7.85. The average molecular weight is 365 g/mol. The number of hydrogen-bond donors (Lipinski definition) is 1. The van der Waals surface area contributed by atoms with Crippen molar-refractivity contribution in [1.82, 2.24) is 0 Å². The quantitative estimate of drug-likeness (QED) is 0.812. The molecule has 1 atom stereocenters. The minimum absolute atomic E-state index is 0.267. The molecule has 2 aromatic rings. The number of hydrogen-bond acceptors (Lipinski definition) is 3. The number of nitrogens with one attached hydrogen (secondary N) is 1. The Hall–Kier alpha value is -2.83. The van der Waals surface area contributed by atoms with Gasteiger partial charge in [0.1, 0.15) is 0 Å². The highest BCUT2D eigenvalue weighted by Crippen LogP contribution is 2.34. The number of para-hydroxylation sites is 1. The molecule has 0 spiro atoms. The van der Waals surface area contributed by atoms with Gasteiger partial charge in [0.05, 0.1) is 16.8 Å². The van der Waals surface area contributed by atoms with Gasteiger partial charge < -0.3 is 10.1 Å². The van der Waals surface area contributed by atoms with Crippen molar-refractivity contribution in [3.8, 4) is 0 Å². The summed E-state index contributed by atoms with van der Waals surface area (Å²) in [5.41, 5.74) is 0.787. The van der Waals surface area contributed by atoms with E-state index in [0.717, 1.165) is 23.3 Å². The van der Waals surface area contributed by atoms with E-state index in [0.29, 0.717) is 0 Å². The van der Waals surface area contributed by atoms with E-state index < -0.39 is 29.7 Å². The third kappa shape index (κ3) is 4.62. The number of anilines is 1. The van der Waals surface area contributed by atoms with Crippen molar-refractivity contribution >= 4 is 17.6 Å². The molecule has 2 rings (SSSR count). The second-order valence-corrected chi connectivity index (χ2v) is 5.88.